The summed E-state index contributed by atoms with van der Waals surface area (Å²) in [7, 11) is 1.62. The van der Waals surface area contributed by atoms with Crippen LogP contribution in [0.1, 0.15) is 13.8 Å². The van der Waals surface area contributed by atoms with Crippen molar-refractivity contribution in [3.05, 3.63) is 30.2 Å². The molecule has 0 saturated heterocycles. The lowest BCUT2D eigenvalue weighted by atomic mass is 10.1. The van der Waals surface area contributed by atoms with E-state index in [0.717, 1.165) is 5.39 Å². The van der Waals surface area contributed by atoms with E-state index >= 15 is 0 Å². The van der Waals surface area contributed by atoms with Crippen LogP contribution in [-0.4, -0.2) is 24.2 Å². The predicted molar refractivity (Wildman–Crippen MR) is 75.7 cm³/mol. The smallest absolute Gasteiger partial charge is 0.150 e. The molecule has 0 amide bonds. The van der Waals surface area contributed by atoms with E-state index in [0.29, 0.717) is 23.4 Å². The molecule has 2 aromatic rings. The summed E-state index contributed by atoms with van der Waals surface area (Å²) in [4.78, 5) is 4.21. The van der Waals surface area contributed by atoms with Crippen LogP contribution in [0.2, 0.25) is 0 Å². The normalized spacial score (nSPS) is 11.8. The van der Waals surface area contributed by atoms with Crippen LogP contribution in [0.4, 0.5) is 15.8 Å². The molecule has 19 heavy (non-hydrogen) atoms. The predicted octanol–water partition coefficient (Wildman–Crippen LogP) is 2.79. The molecule has 0 atom stereocenters. The van der Waals surface area contributed by atoms with Crippen molar-refractivity contribution in [2.24, 2.45) is 0 Å². The highest BCUT2D eigenvalue weighted by Crippen LogP contribution is 2.29. The number of ether oxygens (including phenoxy) is 1. The Labute approximate surface area is 111 Å². The van der Waals surface area contributed by atoms with Crippen LogP contribution in [0.25, 0.3) is 10.9 Å². The number of rotatable bonds is 4. The van der Waals surface area contributed by atoms with Gasteiger partial charge in [-0.15, -0.1) is 0 Å². The van der Waals surface area contributed by atoms with Gasteiger partial charge in [0.2, 0.25) is 0 Å². The van der Waals surface area contributed by atoms with E-state index in [1.807, 2.05) is 19.9 Å². The summed E-state index contributed by atoms with van der Waals surface area (Å²) in [5.74, 6) is -0.407. The molecule has 0 aliphatic rings. The SMILES string of the molecule is COC(C)(C)CNc1c(F)cc(N)c2cccnc12. The van der Waals surface area contributed by atoms with E-state index in [1.165, 1.54) is 6.07 Å². The van der Waals surface area contributed by atoms with Gasteiger partial charge in [-0.3, -0.25) is 4.98 Å². The highest BCUT2D eigenvalue weighted by atomic mass is 19.1. The monoisotopic (exact) mass is 263 g/mol. The van der Waals surface area contributed by atoms with Crippen LogP contribution < -0.4 is 11.1 Å². The maximum absolute atomic E-state index is 14.0. The van der Waals surface area contributed by atoms with Crippen LogP contribution >= 0.6 is 0 Å². The minimum absolute atomic E-state index is 0.356. The van der Waals surface area contributed by atoms with Crippen LogP contribution in [0.3, 0.4) is 0 Å². The van der Waals surface area contributed by atoms with E-state index in [4.69, 9.17) is 10.5 Å². The molecule has 1 aromatic carbocycles. The number of nitrogens with one attached hydrogen (secondary N) is 1. The summed E-state index contributed by atoms with van der Waals surface area (Å²) in [5.41, 5.74) is 6.68. The Kier molecular flexibility index (Phi) is 3.57. The van der Waals surface area contributed by atoms with Crippen molar-refractivity contribution in [1.82, 2.24) is 4.98 Å². The van der Waals surface area contributed by atoms with Gasteiger partial charge in [0.1, 0.15) is 0 Å². The number of benzene rings is 1. The Balaban J connectivity index is 2.43. The highest BCUT2D eigenvalue weighted by molar-refractivity contribution is 5.98. The second-order valence-electron chi connectivity index (χ2n) is 5.04. The van der Waals surface area contributed by atoms with Gasteiger partial charge in [-0.1, -0.05) is 0 Å². The molecule has 0 unspecified atom stereocenters. The van der Waals surface area contributed by atoms with Gasteiger partial charge in [0.15, 0.2) is 5.82 Å². The number of anilines is 2. The molecular weight excluding hydrogens is 245 g/mol. The van der Waals surface area contributed by atoms with Gasteiger partial charge in [-0.25, -0.2) is 4.39 Å². The summed E-state index contributed by atoms with van der Waals surface area (Å²) < 4.78 is 19.3. The first kappa shape index (κ1) is 13.5. The fourth-order valence-corrected chi connectivity index (χ4v) is 1.78. The van der Waals surface area contributed by atoms with Gasteiger partial charge in [0.05, 0.1) is 16.8 Å². The molecule has 5 heteroatoms. The van der Waals surface area contributed by atoms with Crippen LogP contribution in [0, 0.1) is 5.82 Å². The number of methoxy groups -OCH3 is 1. The van der Waals surface area contributed by atoms with Crippen molar-refractivity contribution in [3.8, 4) is 0 Å². The lowest BCUT2D eigenvalue weighted by Crippen LogP contribution is -2.32. The summed E-state index contributed by atoms with van der Waals surface area (Å²) >= 11 is 0. The van der Waals surface area contributed by atoms with Crippen molar-refractivity contribution in [3.63, 3.8) is 0 Å². The first-order valence-corrected chi connectivity index (χ1v) is 6.06. The fourth-order valence-electron chi connectivity index (χ4n) is 1.78. The molecule has 0 fully saturated rings. The molecule has 0 saturated carbocycles. The standard InChI is InChI=1S/C14H18FN3O/c1-14(2,19-3)8-18-13-10(15)7-11(16)9-5-4-6-17-12(9)13/h4-7,18H,8,16H2,1-3H3. The average molecular weight is 263 g/mol. The Morgan fingerprint density at radius 3 is 2.89 bits per heavy atom. The third kappa shape index (κ3) is 2.76. The number of nitrogen functional groups attached to an aromatic ring is 1. The Hall–Kier alpha value is -1.88. The Bertz CT molecular complexity index is 599. The minimum Gasteiger partial charge on any atom is -0.398 e. The number of aromatic nitrogens is 1. The van der Waals surface area contributed by atoms with Gasteiger partial charge >= 0.3 is 0 Å². The first-order valence-electron chi connectivity index (χ1n) is 6.06. The zero-order chi connectivity index (χ0) is 14.0. The molecule has 0 aliphatic heterocycles. The van der Waals surface area contributed by atoms with Gasteiger partial charge < -0.3 is 15.8 Å². The number of fused-ring (bicyclic) bond motifs is 1. The summed E-state index contributed by atoms with van der Waals surface area (Å²) in [6, 6.07) is 4.91. The van der Waals surface area contributed by atoms with E-state index < -0.39 is 11.4 Å². The lowest BCUT2D eigenvalue weighted by Gasteiger charge is -2.24. The molecule has 102 valence electrons. The number of nitrogens with two attached hydrogens (primary N) is 1. The number of nitrogens with zero attached hydrogens (tertiary/aromatic N) is 1. The van der Waals surface area contributed by atoms with Crippen molar-refractivity contribution < 1.29 is 9.13 Å². The lowest BCUT2D eigenvalue weighted by molar-refractivity contribution is 0.0343. The van der Waals surface area contributed by atoms with Crippen LogP contribution in [-0.2, 0) is 4.74 Å². The van der Waals surface area contributed by atoms with E-state index in [9.17, 15) is 4.39 Å². The average Bonchev–Trinajstić information content (AvgIpc) is 2.38. The second-order valence-corrected chi connectivity index (χ2v) is 5.04. The third-order valence-electron chi connectivity index (χ3n) is 3.12. The maximum Gasteiger partial charge on any atom is 0.150 e. The Morgan fingerprint density at radius 2 is 2.21 bits per heavy atom. The van der Waals surface area contributed by atoms with Crippen molar-refractivity contribution >= 4 is 22.3 Å². The molecule has 0 radical (unpaired) electrons. The van der Waals surface area contributed by atoms with Crippen LogP contribution in [0.15, 0.2) is 24.4 Å². The van der Waals surface area contributed by atoms with E-state index in [2.05, 4.69) is 10.3 Å². The van der Waals surface area contributed by atoms with Crippen molar-refractivity contribution in [1.29, 1.82) is 0 Å². The first-order chi connectivity index (χ1) is 8.94. The highest BCUT2D eigenvalue weighted by Gasteiger charge is 2.18. The maximum atomic E-state index is 14.0. The number of hydrogen-bond donors (Lipinski definition) is 2. The molecule has 1 heterocycles. The van der Waals surface area contributed by atoms with Crippen LogP contribution in [0.5, 0.6) is 0 Å². The second kappa shape index (κ2) is 5.01. The third-order valence-corrected chi connectivity index (χ3v) is 3.12. The number of hydrogen-bond acceptors (Lipinski definition) is 4. The largest absolute Gasteiger partial charge is 0.398 e. The molecule has 0 spiro atoms. The van der Waals surface area contributed by atoms with Gasteiger partial charge in [-0.2, -0.15) is 0 Å². The van der Waals surface area contributed by atoms with Gasteiger partial charge in [0, 0.05) is 30.9 Å². The molecule has 0 bridgehead atoms. The molecule has 1 aromatic heterocycles. The Morgan fingerprint density at radius 1 is 1.47 bits per heavy atom. The summed E-state index contributed by atoms with van der Waals surface area (Å²) in [5, 5.41) is 3.79. The topological polar surface area (TPSA) is 60.2 Å². The minimum atomic E-state index is -0.407. The summed E-state index contributed by atoms with van der Waals surface area (Å²) in [6.45, 7) is 4.31. The zero-order valence-electron chi connectivity index (χ0n) is 11.3. The van der Waals surface area contributed by atoms with E-state index in [1.54, 1.807) is 19.4 Å². The number of halogens is 1. The quantitative estimate of drug-likeness (QED) is 0.833. The van der Waals surface area contributed by atoms with Gasteiger partial charge in [0.25, 0.3) is 0 Å². The molecular formula is C14H18FN3O. The van der Waals surface area contributed by atoms with Gasteiger partial charge in [-0.05, 0) is 32.0 Å². The van der Waals surface area contributed by atoms with Crippen molar-refractivity contribution in [2.75, 3.05) is 24.7 Å². The van der Waals surface area contributed by atoms with Crippen molar-refractivity contribution in [2.45, 2.75) is 19.4 Å². The summed E-state index contributed by atoms with van der Waals surface area (Å²) in [6.07, 6.45) is 1.62. The molecule has 4 nitrogen and oxygen atoms in total. The molecule has 0 aliphatic carbocycles. The molecule has 3 N–H and O–H groups in total. The fraction of sp³-hybridized carbons (Fsp3) is 0.357. The molecule has 2 rings (SSSR count). The van der Waals surface area contributed by atoms with E-state index in [-0.39, 0.29) is 0 Å². The zero-order valence-corrected chi connectivity index (χ0v) is 11.3. The number of pyridine rings is 1.